The molecule has 0 heterocycles. The summed E-state index contributed by atoms with van der Waals surface area (Å²) in [6, 6.07) is 6.12. The molecule has 2 N–H and O–H groups in total. The van der Waals surface area contributed by atoms with Crippen LogP contribution in [-0.4, -0.2) is 18.5 Å². The van der Waals surface area contributed by atoms with Gasteiger partial charge in [-0.1, -0.05) is 0 Å². The van der Waals surface area contributed by atoms with Crippen molar-refractivity contribution in [2.24, 2.45) is 5.92 Å². The highest BCUT2D eigenvalue weighted by molar-refractivity contribution is 5.95. The predicted octanol–water partition coefficient (Wildman–Crippen LogP) is 2.96. The second-order valence-electron chi connectivity index (χ2n) is 5.16. The molecule has 2 rings (SSSR count). The zero-order valence-corrected chi connectivity index (χ0v) is 11.4. The van der Waals surface area contributed by atoms with E-state index in [9.17, 15) is 4.79 Å². The van der Waals surface area contributed by atoms with Crippen LogP contribution < -0.4 is 10.6 Å². The summed E-state index contributed by atoms with van der Waals surface area (Å²) in [5.41, 5.74) is 2.97. The number of hydrogen-bond donors (Lipinski definition) is 2. The molecule has 1 aliphatic carbocycles. The quantitative estimate of drug-likeness (QED) is 0.838. The SMILES string of the molecule is CCNc1ccc(C(=O)NC(C)C2CC2)cc1C. The lowest BCUT2D eigenvalue weighted by atomic mass is 10.1. The van der Waals surface area contributed by atoms with Crippen LogP contribution in [0.1, 0.15) is 42.6 Å². The molecule has 1 aromatic rings. The molecule has 0 radical (unpaired) electrons. The van der Waals surface area contributed by atoms with E-state index in [0.29, 0.717) is 12.0 Å². The van der Waals surface area contributed by atoms with Crippen molar-refractivity contribution in [3.8, 4) is 0 Å². The lowest BCUT2D eigenvalue weighted by molar-refractivity contribution is 0.0936. The number of carbonyl (C=O) groups excluding carboxylic acids is 1. The van der Waals surface area contributed by atoms with Crippen molar-refractivity contribution in [1.82, 2.24) is 5.32 Å². The molecule has 1 aliphatic rings. The van der Waals surface area contributed by atoms with Gasteiger partial charge in [-0.05, 0) is 63.3 Å². The lowest BCUT2D eigenvalue weighted by Gasteiger charge is -2.14. The van der Waals surface area contributed by atoms with Crippen molar-refractivity contribution in [2.75, 3.05) is 11.9 Å². The largest absolute Gasteiger partial charge is 0.385 e. The predicted molar refractivity (Wildman–Crippen MR) is 75.0 cm³/mol. The summed E-state index contributed by atoms with van der Waals surface area (Å²) in [6.45, 7) is 7.08. The van der Waals surface area contributed by atoms with Crippen LogP contribution in [-0.2, 0) is 0 Å². The Hall–Kier alpha value is -1.51. The van der Waals surface area contributed by atoms with E-state index in [-0.39, 0.29) is 5.91 Å². The molecule has 0 aliphatic heterocycles. The second-order valence-corrected chi connectivity index (χ2v) is 5.16. The summed E-state index contributed by atoms with van der Waals surface area (Å²) in [5, 5.41) is 6.36. The van der Waals surface area contributed by atoms with E-state index in [2.05, 4.69) is 24.5 Å². The summed E-state index contributed by atoms with van der Waals surface area (Å²) in [7, 11) is 0. The monoisotopic (exact) mass is 246 g/mol. The fourth-order valence-electron chi connectivity index (χ4n) is 2.20. The van der Waals surface area contributed by atoms with Crippen molar-refractivity contribution >= 4 is 11.6 Å². The molecule has 0 bridgehead atoms. The van der Waals surface area contributed by atoms with Crippen molar-refractivity contribution in [3.63, 3.8) is 0 Å². The van der Waals surface area contributed by atoms with E-state index in [0.717, 1.165) is 23.4 Å². The summed E-state index contributed by atoms with van der Waals surface area (Å²) >= 11 is 0. The van der Waals surface area contributed by atoms with Gasteiger partial charge in [-0.15, -0.1) is 0 Å². The molecule has 18 heavy (non-hydrogen) atoms. The zero-order chi connectivity index (χ0) is 13.1. The molecule has 1 atom stereocenters. The third-order valence-electron chi connectivity index (χ3n) is 3.54. The Morgan fingerprint density at radius 2 is 2.17 bits per heavy atom. The van der Waals surface area contributed by atoms with Crippen LogP contribution in [0.15, 0.2) is 18.2 Å². The maximum Gasteiger partial charge on any atom is 0.251 e. The van der Waals surface area contributed by atoms with Crippen LogP contribution in [0.2, 0.25) is 0 Å². The molecule has 3 nitrogen and oxygen atoms in total. The fraction of sp³-hybridized carbons (Fsp3) is 0.533. The van der Waals surface area contributed by atoms with Gasteiger partial charge in [-0.25, -0.2) is 0 Å². The minimum absolute atomic E-state index is 0.0422. The molecule has 1 unspecified atom stereocenters. The van der Waals surface area contributed by atoms with Crippen molar-refractivity contribution in [3.05, 3.63) is 29.3 Å². The Morgan fingerprint density at radius 1 is 1.44 bits per heavy atom. The van der Waals surface area contributed by atoms with Gasteiger partial charge in [0, 0.05) is 23.8 Å². The highest BCUT2D eigenvalue weighted by atomic mass is 16.1. The molecular weight excluding hydrogens is 224 g/mol. The fourth-order valence-corrected chi connectivity index (χ4v) is 2.20. The van der Waals surface area contributed by atoms with E-state index in [1.165, 1.54) is 12.8 Å². The standard InChI is InChI=1S/C15H22N2O/c1-4-16-14-8-7-13(9-10(14)2)15(18)17-11(3)12-5-6-12/h7-9,11-12,16H,4-6H2,1-3H3,(H,17,18). The number of carbonyl (C=O) groups is 1. The molecule has 0 saturated heterocycles. The van der Waals surface area contributed by atoms with E-state index < -0.39 is 0 Å². The minimum atomic E-state index is 0.0422. The second kappa shape index (κ2) is 5.42. The lowest BCUT2D eigenvalue weighted by Crippen LogP contribution is -2.34. The molecule has 1 saturated carbocycles. The third kappa shape index (κ3) is 3.03. The highest BCUT2D eigenvalue weighted by Gasteiger charge is 2.29. The zero-order valence-electron chi connectivity index (χ0n) is 11.4. The van der Waals surface area contributed by atoms with Gasteiger partial charge < -0.3 is 10.6 Å². The molecule has 1 aromatic carbocycles. The normalized spacial score (nSPS) is 16.2. The van der Waals surface area contributed by atoms with Gasteiger partial charge in [-0.3, -0.25) is 4.79 Å². The van der Waals surface area contributed by atoms with E-state index in [1.807, 2.05) is 25.1 Å². The maximum atomic E-state index is 12.1. The van der Waals surface area contributed by atoms with Gasteiger partial charge in [0.2, 0.25) is 0 Å². The van der Waals surface area contributed by atoms with Crippen molar-refractivity contribution in [1.29, 1.82) is 0 Å². The van der Waals surface area contributed by atoms with Crippen molar-refractivity contribution in [2.45, 2.75) is 39.7 Å². The van der Waals surface area contributed by atoms with E-state index in [1.54, 1.807) is 0 Å². The third-order valence-corrected chi connectivity index (χ3v) is 3.54. The minimum Gasteiger partial charge on any atom is -0.385 e. The average molecular weight is 246 g/mol. The first-order valence-electron chi connectivity index (χ1n) is 6.77. The van der Waals surface area contributed by atoms with Gasteiger partial charge in [0.1, 0.15) is 0 Å². The molecular formula is C15H22N2O. The van der Waals surface area contributed by atoms with Gasteiger partial charge in [0.05, 0.1) is 0 Å². The summed E-state index contributed by atoms with van der Waals surface area (Å²) < 4.78 is 0. The van der Waals surface area contributed by atoms with Crippen LogP contribution in [0.3, 0.4) is 0 Å². The molecule has 3 heteroatoms. The van der Waals surface area contributed by atoms with Crippen LogP contribution in [0.5, 0.6) is 0 Å². The topological polar surface area (TPSA) is 41.1 Å². The number of rotatable bonds is 5. The summed E-state index contributed by atoms with van der Waals surface area (Å²) in [6.07, 6.45) is 2.50. The molecule has 98 valence electrons. The number of nitrogens with one attached hydrogen (secondary N) is 2. The number of anilines is 1. The van der Waals surface area contributed by atoms with E-state index in [4.69, 9.17) is 0 Å². The van der Waals surface area contributed by atoms with E-state index >= 15 is 0 Å². The first-order chi connectivity index (χ1) is 8.61. The van der Waals surface area contributed by atoms with Crippen molar-refractivity contribution < 1.29 is 4.79 Å². The first-order valence-corrected chi connectivity index (χ1v) is 6.77. The number of amides is 1. The Labute approximate surface area is 109 Å². The molecule has 1 fully saturated rings. The first kappa shape index (κ1) is 12.9. The molecule has 0 aromatic heterocycles. The average Bonchev–Trinajstić information content (AvgIpc) is 3.15. The number of benzene rings is 1. The van der Waals surface area contributed by atoms with Gasteiger partial charge >= 0.3 is 0 Å². The Kier molecular flexibility index (Phi) is 3.90. The van der Waals surface area contributed by atoms with Gasteiger partial charge in [0.15, 0.2) is 0 Å². The van der Waals surface area contributed by atoms with Crippen LogP contribution in [0.25, 0.3) is 0 Å². The Balaban J connectivity index is 2.03. The Bertz CT molecular complexity index is 438. The number of hydrogen-bond acceptors (Lipinski definition) is 2. The van der Waals surface area contributed by atoms with Gasteiger partial charge in [-0.2, -0.15) is 0 Å². The van der Waals surface area contributed by atoms with Crippen LogP contribution >= 0.6 is 0 Å². The molecule has 1 amide bonds. The Morgan fingerprint density at radius 3 is 2.72 bits per heavy atom. The summed E-state index contributed by atoms with van der Waals surface area (Å²) in [5.74, 6) is 0.733. The highest BCUT2D eigenvalue weighted by Crippen LogP contribution is 2.32. The molecule has 0 spiro atoms. The number of aryl methyl sites for hydroxylation is 1. The maximum absolute atomic E-state index is 12.1. The van der Waals surface area contributed by atoms with Gasteiger partial charge in [0.25, 0.3) is 5.91 Å². The van der Waals surface area contributed by atoms with Crippen LogP contribution in [0, 0.1) is 12.8 Å². The summed E-state index contributed by atoms with van der Waals surface area (Å²) in [4.78, 5) is 12.1. The smallest absolute Gasteiger partial charge is 0.251 e. The van der Waals surface area contributed by atoms with Crippen LogP contribution in [0.4, 0.5) is 5.69 Å².